The Bertz CT molecular complexity index is 267. The van der Waals surface area contributed by atoms with E-state index in [1.807, 2.05) is 6.92 Å². The Morgan fingerprint density at radius 3 is 2.53 bits per heavy atom. The second-order valence-corrected chi connectivity index (χ2v) is 5.16. The number of esters is 1. The number of hydrogen-bond acceptors (Lipinski definition) is 5. The maximum atomic E-state index is 12.2. The Hall–Kier alpha value is -0.650. The van der Waals surface area contributed by atoms with Gasteiger partial charge in [0.2, 0.25) is 0 Å². The number of morpholine rings is 1. The molecule has 1 aliphatic heterocycles. The summed E-state index contributed by atoms with van der Waals surface area (Å²) in [4.78, 5) is 14.5. The van der Waals surface area contributed by atoms with E-state index in [4.69, 9.17) is 15.2 Å². The van der Waals surface area contributed by atoms with Crippen LogP contribution in [0.2, 0.25) is 0 Å². The van der Waals surface area contributed by atoms with Crippen LogP contribution in [0.3, 0.4) is 0 Å². The van der Waals surface area contributed by atoms with Crippen LogP contribution < -0.4 is 5.73 Å². The summed E-state index contributed by atoms with van der Waals surface area (Å²) >= 11 is 0. The SMILES string of the molecule is CCCC(CN)(CCN1CCOCC1)C(=O)OCC. The van der Waals surface area contributed by atoms with Gasteiger partial charge in [-0.15, -0.1) is 0 Å². The first-order chi connectivity index (χ1) is 9.18. The molecule has 1 fully saturated rings. The predicted octanol–water partition coefficient (Wildman–Crippen LogP) is 1.02. The van der Waals surface area contributed by atoms with Gasteiger partial charge in [-0.25, -0.2) is 0 Å². The van der Waals surface area contributed by atoms with Crippen molar-refractivity contribution < 1.29 is 14.3 Å². The summed E-state index contributed by atoms with van der Waals surface area (Å²) in [5.74, 6) is -0.132. The van der Waals surface area contributed by atoms with Crippen LogP contribution in [-0.4, -0.2) is 56.9 Å². The number of nitrogens with zero attached hydrogens (tertiary/aromatic N) is 1. The average Bonchev–Trinajstić information content (AvgIpc) is 2.45. The summed E-state index contributed by atoms with van der Waals surface area (Å²) in [7, 11) is 0. The highest BCUT2D eigenvalue weighted by Crippen LogP contribution is 2.29. The lowest BCUT2D eigenvalue weighted by Crippen LogP contribution is -2.45. The minimum atomic E-state index is -0.511. The number of rotatable bonds is 8. The Kier molecular flexibility index (Phi) is 7.34. The van der Waals surface area contributed by atoms with E-state index in [0.29, 0.717) is 13.2 Å². The van der Waals surface area contributed by atoms with Crippen LogP contribution in [0, 0.1) is 5.41 Å². The molecule has 2 N–H and O–H groups in total. The van der Waals surface area contributed by atoms with Gasteiger partial charge in [0, 0.05) is 19.6 Å². The fourth-order valence-electron chi connectivity index (χ4n) is 2.58. The Morgan fingerprint density at radius 1 is 1.32 bits per heavy atom. The van der Waals surface area contributed by atoms with E-state index in [9.17, 15) is 4.79 Å². The Labute approximate surface area is 116 Å². The molecule has 1 aliphatic rings. The van der Waals surface area contributed by atoms with E-state index < -0.39 is 5.41 Å². The van der Waals surface area contributed by atoms with E-state index in [1.165, 1.54) is 0 Å². The molecule has 0 spiro atoms. The van der Waals surface area contributed by atoms with Crippen molar-refractivity contribution in [2.45, 2.75) is 33.1 Å². The number of carbonyl (C=O) groups excluding carboxylic acids is 1. The summed E-state index contributed by atoms with van der Waals surface area (Å²) < 4.78 is 10.6. The molecule has 1 unspecified atom stereocenters. The molecule has 1 rings (SSSR count). The van der Waals surface area contributed by atoms with Crippen LogP contribution in [0.1, 0.15) is 33.1 Å². The van der Waals surface area contributed by atoms with E-state index in [0.717, 1.165) is 52.1 Å². The highest BCUT2D eigenvalue weighted by atomic mass is 16.5. The molecule has 0 aromatic carbocycles. The number of hydrogen-bond donors (Lipinski definition) is 1. The molecule has 0 aromatic rings. The Balaban J connectivity index is 2.58. The van der Waals surface area contributed by atoms with Gasteiger partial charge in [-0.05, 0) is 26.3 Å². The molecule has 5 heteroatoms. The van der Waals surface area contributed by atoms with Gasteiger partial charge in [0.15, 0.2) is 0 Å². The third kappa shape index (κ3) is 4.75. The first-order valence-corrected chi connectivity index (χ1v) is 7.36. The zero-order chi connectivity index (χ0) is 14.1. The maximum absolute atomic E-state index is 12.2. The highest BCUT2D eigenvalue weighted by Gasteiger charge is 2.37. The van der Waals surface area contributed by atoms with Crippen molar-refractivity contribution in [2.24, 2.45) is 11.1 Å². The lowest BCUT2D eigenvalue weighted by Gasteiger charge is -2.33. The molecule has 1 heterocycles. The molecule has 5 nitrogen and oxygen atoms in total. The average molecular weight is 272 g/mol. The minimum absolute atomic E-state index is 0.132. The monoisotopic (exact) mass is 272 g/mol. The first-order valence-electron chi connectivity index (χ1n) is 7.36. The largest absolute Gasteiger partial charge is 0.466 e. The molecular formula is C14H28N2O3. The summed E-state index contributed by atoms with van der Waals surface area (Å²) in [5.41, 5.74) is 5.39. The van der Waals surface area contributed by atoms with Crippen molar-refractivity contribution in [1.82, 2.24) is 4.90 Å². The normalized spacial score (nSPS) is 19.9. The van der Waals surface area contributed by atoms with Crippen LogP contribution in [0.15, 0.2) is 0 Å². The van der Waals surface area contributed by atoms with Crippen LogP contribution in [-0.2, 0) is 14.3 Å². The zero-order valence-electron chi connectivity index (χ0n) is 12.3. The quantitative estimate of drug-likeness (QED) is 0.668. The van der Waals surface area contributed by atoms with E-state index in [2.05, 4.69) is 11.8 Å². The first kappa shape index (κ1) is 16.4. The van der Waals surface area contributed by atoms with Gasteiger partial charge in [-0.1, -0.05) is 13.3 Å². The van der Waals surface area contributed by atoms with Crippen molar-refractivity contribution >= 4 is 5.97 Å². The van der Waals surface area contributed by atoms with Crippen LogP contribution in [0.5, 0.6) is 0 Å². The third-order valence-corrected chi connectivity index (χ3v) is 3.84. The van der Waals surface area contributed by atoms with Gasteiger partial charge in [0.25, 0.3) is 0 Å². The molecule has 0 radical (unpaired) electrons. The number of ether oxygens (including phenoxy) is 2. The predicted molar refractivity (Wildman–Crippen MR) is 74.9 cm³/mol. The standard InChI is InChI=1S/C14H28N2O3/c1-3-5-14(12-15,13(17)19-4-2)6-7-16-8-10-18-11-9-16/h3-12,15H2,1-2H3. The smallest absolute Gasteiger partial charge is 0.313 e. The molecular weight excluding hydrogens is 244 g/mol. The molecule has 0 aliphatic carbocycles. The van der Waals surface area contributed by atoms with Gasteiger partial charge < -0.3 is 15.2 Å². The van der Waals surface area contributed by atoms with Crippen molar-refractivity contribution in [2.75, 3.05) is 46.0 Å². The summed E-state index contributed by atoms with van der Waals surface area (Å²) in [6.07, 6.45) is 2.52. The van der Waals surface area contributed by atoms with Gasteiger partial charge >= 0.3 is 5.97 Å². The number of carbonyl (C=O) groups is 1. The fraction of sp³-hybridized carbons (Fsp3) is 0.929. The van der Waals surface area contributed by atoms with Crippen molar-refractivity contribution in [3.05, 3.63) is 0 Å². The molecule has 0 aromatic heterocycles. The molecule has 0 bridgehead atoms. The molecule has 0 saturated carbocycles. The van der Waals surface area contributed by atoms with Crippen LogP contribution in [0.4, 0.5) is 0 Å². The molecule has 19 heavy (non-hydrogen) atoms. The lowest BCUT2D eigenvalue weighted by molar-refractivity contribution is -0.156. The van der Waals surface area contributed by atoms with E-state index in [-0.39, 0.29) is 5.97 Å². The number of nitrogens with two attached hydrogens (primary N) is 1. The second-order valence-electron chi connectivity index (χ2n) is 5.16. The fourth-order valence-corrected chi connectivity index (χ4v) is 2.58. The van der Waals surface area contributed by atoms with Gasteiger partial charge in [-0.2, -0.15) is 0 Å². The minimum Gasteiger partial charge on any atom is -0.466 e. The lowest BCUT2D eigenvalue weighted by atomic mass is 9.80. The van der Waals surface area contributed by atoms with Crippen molar-refractivity contribution in [1.29, 1.82) is 0 Å². The summed E-state index contributed by atoms with van der Waals surface area (Å²) in [5, 5.41) is 0. The third-order valence-electron chi connectivity index (χ3n) is 3.84. The van der Waals surface area contributed by atoms with Gasteiger partial charge in [0.1, 0.15) is 0 Å². The van der Waals surface area contributed by atoms with Crippen molar-refractivity contribution in [3.8, 4) is 0 Å². The highest BCUT2D eigenvalue weighted by molar-refractivity contribution is 5.77. The Morgan fingerprint density at radius 2 is 2.00 bits per heavy atom. The van der Waals surface area contributed by atoms with Gasteiger partial charge in [-0.3, -0.25) is 9.69 Å². The van der Waals surface area contributed by atoms with Gasteiger partial charge in [0.05, 0.1) is 25.2 Å². The molecule has 1 saturated heterocycles. The second kappa shape index (κ2) is 8.51. The maximum Gasteiger partial charge on any atom is 0.313 e. The van der Waals surface area contributed by atoms with Crippen molar-refractivity contribution in [3.63, 3.8) is 0 Å². The topological polar surface area (TPSA) is 64.8 Å². The zero-order valence-corrected chi connectivity index (χ0v) is 12.3. The summed E-state index contributed by atoms with van der Waals surface area (Å²) in [6, 6.07) is 0. The van der Waals surface area contributed by atoms with E-state index in [1.54, 1.807) is 0 Å². The van der Waals surface area contributed by atoms with E-state index >= 15 is 0 Å². The molecule has 112 valence electrons. The molecule has 0 amide bonds. The molecule has 1 atom stereocenters. The summed E-state index contributed by atoms with van der Waals surface area (Å²) in [6.45, 7) is 9.04. The van der Waals surface area contributed by atoms with Crippen LogP contribution >= 0.6 is 0 Å². The van der Waals surface area contributed by atoms with Crippen LogP contribution in [0.25, 0.3) is 0 Å².